The highest BCUT2D eigenvalue weighted by Crippen LogP contribution is 2.21. The van der Waals surface area contributed by atoms with Gasteiger partial charge >= 0.3 is 0 Å². The lowest BCUT2D eigenvalue weighted by molar-refractivity contribution is -0.173. The number of hydrogen-bond acceptors (Lipinski definition) is 3. The van der Waals surface area contributed by atoms with Gasteiger partial charge in [0.25, 0.3) is 0 Å². The molecule has 0 aliphatic carbocycles. The fourth-order valence-electron chi connectivity index (χ4n) is 1.99. The van der Waals surface area contributed by atoms with Crippen molar-refractivity contribution in [1.82, 2.24) is 4.90 Å². The first-order valence-corrected chi connectivity index (χ1v) is 5.17. The Labute approximate surface area is 80.7 Å². The first kappa shape index (κ1) is 11.0. The summed E-state index contributed by atoms with van der Waals surface area (Å²) in [4.78, 5) is 2.32. The Balaban J connectivity index is 2.40. The zero-order valence-electron chi connectivity index (χ0n) is 8.86. The number of hydrogen-bond donors (Lipinski definition) is 1. The largest absolute Gasteiger partial charge is 0.368 e. The minimum absolute atomic E-state index is 0.188. The van der Waals surface area contributed by atoms with E-state index in [1.807, 2.05) is 6.92 Å². The maximum Gasteiger partial charge on any atom is 0.156 e. The molecule has 1 aliphatic heterocycles. The molecule has 0 aromatic carbocycles. The van der Waals surface area contributed by atoms with Gasteiger partial charge in [0.2, 0.25) is 0 Å². The molecule has 0 amide bonds. The van der Waals surface area contributed by atoms with E-state index in [4.69, 9.17) is 4.74 Å². The molecule has 0 bridgehead atoms. The Bertz CT molecular complexity index is 142. The normalized spacial score (nSPS) is 35.3. The van der Waals surface area contributed by atoms with Crippen molar-refractivity contribution in [2.24, 2.45) is 0 Å². The van der Waals surface area contributed by atoms with E-state index in [2.05, 4.69) is 18.9 Å². The highest BCUT2D eigenvalue weighted by atomic mass is 16.6. The minimum atomic E-state index is -0.562. The molecular formula is C10H21NO2. The summed E-state index contributed by atoms with van der Waals surface area (Å²) in [7, 11) is 2.12. The molecule has 1 N–H and O–H groups in total. The number of aliphatic hydroxyl groups excluding tert-OH is 1. The third-order valence-electron chi connectivity index (χ3n) is 2.67. The zero-order chi connectivity index (χ0) is 9.84. The summed E-state index contributed by atoms with van der Waals surface area (Å²) in [6.07, 6.45) is 2.58. The van der Waals surface area contributed by atoms with Crippen LogP contribution in [0.1, 0.15) is 33.1 Å². The fraction of sp³-hybridized carbons (Fsp3) is 1.00. The fourth-order valence-corrected chi connectivity index (χ4v) is 1.99. The molecule has 0 aromatic heterocycles. The van der Waals surface area contributed by atoms with Crippen LogP contribution in [0.5, 0.6) is 0 Å². The standard InChI is InChI=1S/C10H21NO2/c1-4-5-11(3)9-6-8(2)13-10(12)7-9/h8-10,12H,4-7H2,1-3H3. The average molecular weight is 187 g/mol. The lowest BCUT2D eigenvalue weighted by Gasteiger charge is -2.36. The molecule has 0 spiro atoms. The molecule has 0 radical (unpaired) electrons. The van der Waals surface area contributed by atoms with E-state index in [0.29, 0.717) is 6.04 Å². The SMILES string of the molecule is CCCN(C)C1CC(C)OC(O)C1. The number of rotatable bonds is 3. The second-order valence-electron chi connectivity index (χ2n) is 4.01. The molecule has 1 aliphatic rings. The summed E-state index contributed by atoms with van der Waals surface area (Å²) >= 11 is 0. The van der Waals surface area contributed by atoms with Gasteiger partial charge in [-0.25, -0.2) is 0 Å². The van der Waals surface area contributed by atoms with E-state index >= 15 is 0 Å². The van der Waals surface area contributed by atoms with Crippen molar-refractivity contribution in [3.05, 3.63) is 0 Å². The lowest BCUT2D eigenvalue weighted by atomic mass is 10.0. The van der Waals surface area contributed by atoms with Crippen molar-refractivity contribution in [2.75, 3.05) is 13.6 Å². The monoisotopic (exact) mass is 187 g/mol. The van der Waals surface area contributed by atoms with Crippen molar-refractivity contribution < 1.29 is 9.84 Å². The first-order chi connectivity index (χ1) is 6.13. The van der Waals surface area contributed by atoms with Crippen LogP contribution in [0, 0.1) is 0 Å². The van der Waals surface area contributed by atoms with E-state index in [1.165, 1.54) is 6.42 Å². The third-order valence-corrected chi connectivity index (χ3v) is 2.67. The second kappa shape index (κ2) is 4.94. The molecule has 3 atom stereocenters. The molecule has 78 valence electrons. The Morgan fingerprint density at radius 3 is 2.69 bits per heavy atom. The van der Waals surface area contributed by atoms with Crippen molar-refractivity contribution in [1.29, 1.82) is 0 Å². The van der Waals surface area contributed by atoms with Gasteiger partial charge in [-0.2, -0.15) is 0 Å². The Kier molecular flexibility index (Phi) is 4.16. The van der Waals surface area contributed by atoms with Gasteiger partial charge in [0.1, 0.15) is 0 Å². The molecule has 1 heterocycles. The number of aliphatic hydroxyl groups is 1. The van der Waals surface area contributed by atoms with E-state index in [-0.39, 0.29) is 6.10 Å². The summed E-state index contributed by atoms with van der Waals surface area (Å²) in [6.45, 7) is 5.30. The van der Waals surface area contributed by atoms with E-state index in [0.717, 1.165) is 19.4 Å². The maximum atomic E-state index is 9.42. The van der Waals surface area contributed by atoms with Crippen LogP contribution < -0.4 is 0 Å². The van der Waals surface area contributed by atoms with Gasteiger partial charge in [-0.1, -0.05) is 6.92 Å². The second-order valence-corrected chi connectivity index (χ2v) is 4.01. The Morgan fingerprint density at radius 2 is 2.15 bits per heavy atom. The van der Waals surface area contributed by atoms with Crippen LogP contribution in [-0.4, -0.2) is 42.0 Å². The van der Waals surface area contributed by atoms with Gasteiger partial charge in [-0.05, 0) is 33.4 Å². The first-order valence-electron chi connectivity index (χ1n) is 5.17. The molecule has 13 heavy (non-hydrogen) atoms. The molecule has 0 saturated carbocycles. The van der Waals surface area contributed by atoms with Crippen LogP contribution in [0.4, 0.5) is 0 Å². The predicted octanol–water partition coefficient (Wildman–Crippen LogP) is 1.21. The van der Waals surface area contributed by atoms with Gasteiger partial charge in [-0.15, -0.1) is 0 Å². The van der Waals surface area contributed by atoms with Crippen LogP contribution in [-0.2, 0) is 4.74 Å². The van der Waals surface area contributed by atoms with Crippen molar-refractivity contribution in [2.45, 2.75) is 51.5 Å². The van der Waals surface area contributed by atoms with E-state index in [9.17, 15) is 5.11 Å². The van der Waals surface area contributed by atoms with Gasteiger partial charge in [-0.3, -0.25) is 0 Å². The van der Waals surface area contributed by atoms with E-state index < -0.39 is 6.29 Å². The van der Waals surface area contributed by atoms with Crippen LogP contribution in [0.2, 0.25) is 0 Å². The van der Waals surface area contributed by atoms with Crippen LogP contribution >= 0.6 is 0 Å². The van der Waals surface area contributed by atoms with Gasteiger partial charge in [0.15, 0.2) is 6.29 Å². The molecule has 0 aromatic rings. The summed E-state index contributed by atoms with van der Waals surface area (Å²) in [6, 6.07) is 0.485. The van der Waals surface area contributed by atoms with Crippen LogP contribution in [0.3, 0.4) is 0 Å². The van der Waals surface area contributed by atoms with E-state index in [1.54, 1.807) is 0 Å². The molecule has 3 heteroatoms. The topological polar surface area (TPSA) is 32.7 Å². The van der Waals surface area contributed by atoms with Crippen LogP contribution in [0.25, 0.3) is 0 Å². The Morgan fingerprint density at radius 1 is 1.46 bits per heavy atom. The smallest absolute Gasteiger partial charge is 0.156 e. The Hall–Kier alpha value is -0.120. The summed E-state index contributed by atoms with van der Waals surface area (Å²) in [5.74, 6) is 0. The number of ether oxygens (including phenoxy) is 1. The molecular weight excluding hydrogens is 166 g/mol. The summed E-state index contributed by atoms with van der Waals surface area (Å²) in [5, 5.41) is 9.42. The molecule has 3 unspecified atom stereocenters. The van der Waals surface area contributed by atoms with Crippen molar-refractivity contribution in [3.63, 3.8) is 0 Å². The molecule has 1 fully saturated rings. The predicted molar refractivity (Wildman–Crippen MR) is 52.5 cm³/mol. The van der Waals surface area contributed by atoms with Crippen molar-refractivity contribution in [3.8, 4) is 0 Å². The molecule has 3 nitrogen and oxygen atoms in total. The third kappa shape index (κ3) is 3.25. The van der Waals surface area contributed by atoms with Gasteiger partial charge in [0.05, 0.1) is 6.10 Å². The minimum Gasteiger partial charge on any atom is -0.368 e. The van der Waals surface area contributed by atoms with Crippen molar-refractivity contribution >= 4 is 0 Å². The zero-order valence-corrected chi connectivity index (χ0v) is 8.86. The van der Waals surface area contributed by atoms with Crippen LogP contribution in [0.15, 0.2) is 0 Å². The summed E-state index contributed by atoms with van der Waals surface area (Å²) in [5.41, 5.74) is 0. The maximum absolute atomic E-state index is 9.42. The molecule has 1 saturated heterocycles. The summed E-state index contributed by atoms with van der Waals surface area (Å²) < 4.78 is 5.27. The quantitative estimate of drug-likeness (QED) is 0.721. The average Bonchev–Trinajstić information content (AvgIpc) is 2.03. The van der Waals surface area contributed by atoms with Gasteiger partial charge < -0.3 is 14.7 Å². The highest BCUT2D eigenvalue weighted by Gasteiger charge is 2.27. The highest BCUT2D eigenvalue weighted by molar-refractivity contribution is 4.77. The number of nitrogens with zero attached hydrogens (tertiary/aromatic N) is 1. The van der Waals surface area contributed by atoms with Gasteiger partial charge in [0, 0.05) is 12.5 Å². The molecule has 1 rings (SSSR count). The lowest BCUT2D eigenvalue weighted by Crippen LogP contribution is -2.43.